The van der Waals surface area contributed by atoms with Crippen molar-refractivity contribution in [3.05, 3.63) is 83.4 Å². The molecular formula is C19H14O3. The number of fused-ring (bicyclic) bond motifs is 2. The van der Waals surface area contributed by atoms with E-state index in [4.69, 9.17) is 4.74 Å². The predicted octanol–water partition coefficient (Wildman–Crippen LogP) is 3.78. The fourth-order valence-corrected chi connectivity index (χ4v) is 3.08. The maximum Gasteiger partial charge on any atom is 0.339 e. The molecule has 3 aromatic rings. The number of carbonyl (C=O) groups excluding carboxylic acids is 1. The maximum atomic E-state index is 12.2. The van der Waals surface area contributed by atoms with Gasteiger partial charge in [-0.3, -0.25) is 0 Å². The Hall–Kier alpha value is -2.65. The molecule has 2 unspecified atom stereocenters. The van der Waals surface area contributed by atoms with Crippen molar-refractivity contribution in [1.29, 1.82) is 0 Å². The molecular weight excluding hydrogens is 276 g/mol. The van der Waals surface area contributed by atoms with Crippen LogP contribution in [-0.4, -0.2) is 11.1 Å². The SMILES string of the molecule is O=C1OC(c2cccc3ccccc23)C(O)c2ccccc21. The van der Waals surface area contributed by atoms with Crippen LogP contribution in [0.3, 0.4) is 0 Å². The smallest absolute Gasteiger partial charge is 0.339 e. The molecule has 0 aliphatic carbocycles. The third-order valence-electron chi connectivity index (χ3n) is 4.15. The summed E-state index contributed by atoms with van der Waals surface area (Å²) in [6.45, 7) is 0. The number of ether oxygens (including phenoxy) is 1. The average Bonchev–Trinajstić information content (AvgIpc) is 2.58. The summed E-state index contributed by atoms with van der Waals surface area (Å²) in [7, 11) is 0. The molecule has 2 atom stereocenters. The van der Waals surface area contributed by atoms with Gasteiger partial charge in [0.1, 0.15) is 6.10 Å². The Labute approximate surface area is 127 Å². The predicted molar refractivity (Wildman–Crippen MR) is 83.5 cm³/mol. The normalized spacial score (nSPS) is 20.5. The maximum absolute atomic E-state index is 12.2. The third-order valence-corrected chi connectivity index (χ3v) is 4.15. The van der Waals surface area contributed by atoms with Crippen LogP contribution in [0.15, 0.2) is 66.7 Å². The van der Waals surface area contributed by atoms with Gasteiger partial charge in [-0.15, -0.1) is 0 Å². The van der Waals surface area contributed by atoms with Gasteiger partial charge in [-0.25, -0.2) is 4.79 Å². The summed E-state index contributed by atoms with van der Waals surface area (Å²) in [5.74, 6) is -0.390. The van der Waals surface area contributed by atoms with Crippen LogP contribution in [0.4, 0.5) is 0 Å². The first-order valence-corrected chi connectivity index (χ1v) is 7.21. The van der Waals surface area contributed by atoms with E-state index in [9.17, 15) is 9.90 Å². The first kappa shape index (κ1) is 13.0. The lowest BCUT2D eigenvalue weighted by molar-refractivity contribution is -0.0300. The summed E-state index contributed by atoms with van der Waals surface area (Å²) in [5, 5.41) is 12.7. The molecule has 108 valence electrons. The van der Waals surface area contributed by atoms with E-state index in [0.29, 0.717) is 11.1 Å². The minimum absolute atomic E-state index is 0.390. The van der Waals surface area contributed by atoms with Gasteiger partial charge in [0.05, 0.1) is 5.56 Å². The van der Waals surface area contributed by atoms with Gasteiger partial charge in [0.25, 0.3) is 0 Å². The van der Waals surface area contributed by atoms with Gasteiger partial charge >= 0.3 is 5.97 Å². The molecule has 1 heterocycles. The van der Waals surface area contributed by atoms with Crippen molar-refractivity contribution in [3.8, 4) is 0 Å². The van der Waals surface area contributed by atoms with Crippen LogP contribution in [0.5, 0.6) is 0 Å². The lowest BCUT2D eigenvalue weighted by Gasteiger charge is -2.30. The van der Waals surface area contributed by atoms with Crippen LogP contribution in [0.2, 0.25) is 0 Å². The molecule has 22 heavy (non-hydrogen) atoms. The van der Waals surface area contributed by atoms with Gasteiger partial charge < -0.3 is 9.84 Å². The summed E-state index contributed by atoms with van der Waals surface area (Å²) in [6.07, 6.45) is -1.55. The molecule has 0 radical (unpaired) electrons. The Kier molecular flexibility index (Phi) is 2.94. The van der Waals surface area contributed by atoms with E-state index >= 15 is 0 Å². The summed E-state index contributed by atoms with van der Waals surface area (Å²) in [6, 6.07) is 20.8. The van der Waals surface area contributed by atoms with Gasteiger partial charge in [-0.2, -0.15) is 0 Å². The fourth-order valence-electron chi connectivity index (χ4n) is 3.08. The van der Waals surface area contributed by atoms with Crippen LogP contribution in [-0.2, 0) is 4.74 Å². The molecule has 0 aromatic heterocycles. The molecule has 1 N–H and O–H groups in total. The largest absolute Gasteiger partial charge is 0.451 e. The molecule has 1 aliphatic rings. The monoisotopic (exact) mass is 290 g/mol. The second-order valence-electron chi connectivity index (χ2n) is 5.43. The van der Waals surface area contributed by atoms with Crippen LogP contribution in [0, 0.1) is 0 Å². The van der Waals surface area contributed by atoms with Gasteiger partial charge in [-0.1, -0.05) is 60.7 Å². The minimum atomic E-state index is -0.861. The highest BCUT2D eigenvalue weighted by Crippen LogP contribution is 2.40. The molecule has 0 bridgehead atoms. The lowest BCUT2D eigenvalue weighted by Crippen LogP contribution is -2.26. The Morgan fingerprint density at radius 3 is 2.41 bits per heavy atom. The molecule has 0 saturated carbocycles. The Morgan fingerprint density at radius 2 is 1.50 bits per heavy atom. The molecule has 0 amide bonds. The van der Waals surface area contributed by atoms with Crippen LogP contribution < -0.4 is 0 Å². The van der Waals surface area contributed by atoms with Crippen molar-refractivity contribution < 1.29 is 14.6 Å². The average molecular weight is 290 g/mol. The van der Waals surface area contributed by atoms with E-state index in [1.807, 2.05) is 48.5 Å². The van der Waals surface area contributed by atoms with E-state index in [-0.39, 0.29) is 5.97 Å². The van der Waals surface area contributed by atoms with Gasteiger partial charge in [0, 0.05) is 5.56 Å². The number of benzene rings is 3. The highest BCUT2D eigenvalue weighted by molar-refractivity contribution is 5.93. The third kappa shape index (κ3) is 1.90. The quantitative estimate of drug-likeness (QED) is 0.694. The lowest BCUT2D eigenvalue weighted by atomic mass is 9.89. The van der Waals surface area contributed by atoms with Crippen molar-refractivity contribution >= 4 is 16.7 Å². The van der Waals surface area contributed by atoms with Crippen molar-refractivity contribution in [2.75, 3.05) is 0 Å². The first-order chi connectivity index (χ1) is 10.8. The number of aliphatic hydroxyl groups excluding tert-OH is 1. The topological polar surface area (TPSA) is 46.5 Å². The van der Waals surface area contributed by atoms with Gasteiger partial charge in [-0.05, 0) is 22.4 Å². The van der Waals surface area contributed by atoms with Crippen molar-refractivity contribution in [2.45, 2.75) is 12.2 Å². The van der Waals surface area contributed by atoms with Crippen molar-refractivity contribution in [3.63, 3.8) is 0 Å². The standard InChI is InChI=1S/C19H14O3/c20-17-14-9-3-4-10-16(14)19(21)22-18(17)15-11-5-7-12-6-1-2-8-13(12)15/h1-11,17-18,20H. The molecule has 0 spiro atoms. The molecule has 3 aromatic carbocycles. The Balaban J connectivity index is 1.88. The number of cyclic esters (lactones) is 1. The number of hydrogen-bond donors (Lipinski definition) is 1. The number of aliphatic hydroxyl groups is 1. The van der Waals surface area contributed by atoms with E-state index in [1.165, 1.54) is 0 Å². The second-order valence-corrected chi connectivity index (χ2v) is 5.43. The van der Waals surface area contributed by atoms with Crippen LogP contribution >= 0.6 is 0 Å². The van der Waals surface area contributed by atoms with Gasteiger partial charge in [0.15, 0.2) is 6.10 Å². The molecule has 3 nitrogen and oxygen atoms in total. The van der Waals surface area contributed by atoms with E-state index in [2.05, 4.69) is 0 Å². The summed E-state index contributed by atoms with van der Waals surface area (Å²) < 4.78 is 5.53. The zero-order valence-corrected chi connectivity index (χ0v) is 11.8. The molecule has 0 saturated heterocycles. The molecule has 3 heteroatoms. The van der Waals surface area contributed by atoms with Crippen molar-refractivity contribution in [2.24, 2.45) is 0 Å². The number of rotatable bonds is 1. The highest BCUT2D eigenvalue weighted by Gasteiger charge is 2.35. The van der Waals surface area contributed by atoms with Crippen LogP contribution in [0.25, 0.3) is 10.8 Å². The van der Waals surface area contributed by atoms with E-state index in [0.717, 1.165) is 16.3 Å². The second kappa shape index (κ2) is 4.97. The number of esters is 1. The fraction of sp³-hybridized carbons (Fsp3) is 0.105. The Bertz CT molecular complexity index is 864. The first-order valence-electron chi connectivity index (χ1n) is 7.21. The number of hydrogen-bond acceptors (Lipinski definition) is 3. The van der Waals surface area contributed by atoms with E-state index < -0.39 is 12.2 Å². The van der Waals surface area contributed by atoms with E-state index in [1.54, 1.807) is 18.2 Å². The molecule has 1 aliphatic heterocycles. The molecule has 4 rings (SSSR count). The summed E-state index contributed by atoms with van der Waals surface area (Å²) in [4.78, 5) is 12.2. The van der Waals surface area contributed by atoms with Crippen LogP contribution in [0.1, 0.15) is 33.7 Å². The summed E-state index contributed by atoms with van der Waals surface area (Å²) in [5.41, 5.74) is 1.89. The van der Waals surface area contributed by atoms with Crippen molar-refractivity contribution in [1.82, 2.24) is 0 Å². The highest BCUT2D eigenvalue weighted by atomic mass is 16.6. The zero-order chi connectivity index (χ0) is 15.1. The molecule has 0 fully saturated rings. The Morgan fingerprint density at radius 1 is 0.818 bits per heavy atom. The van der Waals surface area contributed by atoms with Gasteiger partial charge in [0.2, 0.25) is 0 Å². The number of carbonyl (C=O) groups is 1. The minimum Gasteiger partial charge on any atom is -0.451 e. The summed E-state index contributed by atoms with van der Waals surface area (Å²) >= 11 is 0. The zero-order valence-electron chi connectivity index (χ0n) is 11.8.